The number of amides is 1. The normalized spacial score (nSPS) is 10.3. The van der Waals surface area contributed by atoms with Crippen LogP contribution < -0.4 is 5.32 Å². The Morgan fingerprint density at radius 1 is 1.44 bits per heavy atom. The molecule has 1 amide bonds. The molecule has 0 fully saturated rings. The van der Waals surface area contributed by atoms with Gasteiger partial charge < -0.3 is 9.88 Å². The van der Waals surface area contributed by atoms with Gasteiger partial charge in [-0.1, -0.05) is 11.6 Å². The van der Waals surface area contributed by atoms with Crippen LogP contribution >= 0.6 is 27.5 Å². The molecule has 0 aromatic carbocycles. The van der Waals surface area contributed by atoms with Crippen LogP contribution in [0.1, 0.15) is 10.4 Å². The lowest BCUT2D eigenvalue weighted by Crippen LogP contribution is -2.27. The van der Waals surface area contributed by atoms with E-state index in [1.807, 2.05) is 29.1 Å². The molecule has 2 aromatic rings. The van der Waals surface area contributed by atoms with Gasteiger partial charge in [-0.25, -0.2) is 4.98 Å². The molecule has 0 aliphatic rings. The van der Waals surface area contributed by atoms with E-state index in [0.29, 0.717) is 12.1 Å². The van der Waals surface area contributed by atoms with Crippen molar-refractivity contribution >= 4 is 33.4 Å². The van der Waals surface area contributed by atoms with Crippen molar-refractivity contribution in [1.29, 1.82) is 0 Å². The quantitative estimate of drug-likeness (QED) is 0.877. The van der Waals surface area contributed by atoms with Crippen molar-refractivity contribution in [2.45, 2.75) is 6.54 Å². The zero-order valence-corrected chi connectivity index (χ0v) is 11.8. The van der Waals surface area contributed by atoms with Crippen molar-refractivity contribution in [2.24, 2.45) is 0 Å². The molecule has 0 saturated carbocycles. The number of nitrogens with zero attached hydrogens (tertiary/aromatic N) is 2. The average Bonchev–Trinajstić information content (AvgIpc) is 2.85. The Labute approximate surface area is 118 Å². The van der Waals surface area contributed by atoms with E-state index in [-0.39, 0.29) is 11.1 Å². The van der Waals surface area contributed by atoms with Gasteiger partial charge in [0, 0.05) is 36.2 Å². The lowest BCUT2D eigenvalue weighted by molar-refractivity contribution is 0.0952. The van der Waals surface area contributed by atoms with E-state index in [4.69, 9.17) is 11.6 Å². The van der Waals surface area contributed by atoms with Gasteiger partial charge in [-0.05, 0) is 34.1 Å². The summed E-state index contributed by atoms with van der Waals surface area (Å²) in [7, 11) is 0. The monoisotopic (exact) mass is 327 g/mol. The fraction of sp³-hybridized carbons (Fsp3) is 0.167. The summed E-state index contributed by atoms with van der Waals surface area (Å²) in [5, 5.41) is 3.01. The van der Waals surface area contributed by atoms with Crippen molar-refractivity contribution in [3.05, 3.63) is 52.0 Å². The molecule has 0 aliphatic carbocycles. The Morgan fingerprint density at radius 3 is 2.89 bits per heavy atom. The smallest absolute Gasteiger partial charge is 0.254 e. The summed E-state index contributed by atoms with van der Waals surface area (Å²) in [6.45, 7) is 1.26. The second-order valence-corrected chi connectivity index (χ2v) is 4.94. The fourth-order valence-corrected chi connectivity index (χ4v) is 2.02. The minimum Gasteiger partial charge on any atom is -0.353 e. The van der Waals surface area contributed by atoms with Crippen LogP contribution in [0.4, 0.5) is 0 Å². The molecule has 18 heavy (non-hydrogen) atoms. The zero-order chi connectivity index (χ0) is 13.0. The second-order valence-electron chi connectivity index (χ2n) is 3.67. The van der Waals surface area contributed by atoms with Gasteiger partial charge in [-0.2, -0.15) is 0 Å². The lowest BCUT2D eigenvalue weighted by Gasteiger charge is -2.07. The number of hydrogen-bond acceptors (Lipinski definition) is 2. The van der Waals surface area contributed by atoms with Crippen molar-refractivity contribution in [2.75, 3.05) is 6.54 Å². The Morgan fingerprint density at radius 2 is 2.17 bits per heavy atom. The molecule has 0 bridgehead atoms. The number of nitrogens with one attached hydrogen (secondary N) is 1. The van der Waals surface area contributed by atoms with Crippen LogP contribution in [0.25, 0.3) is 0 Å². The van der Waals surface area contributed by atoms with Crippen molar-refractivity contribution in [3.63, 3.8) is 0 Å². The van der Waals surface area contributed by atoms with Crippen LogP contribution in [0.3, 0.4) is 0 Å². The van der Waals surface area contributed by atoms with Gasteiger partial charge in [-0.15, -0.1) is 0 Å². The number of rotatable bonds is 4. The molecule has 0 aliphatic heterocycles. The summed E-state index contributed by atoms with van der Waals surface area (Å²) < 4.78 is 2.71. The van der Waals surface area contributed by atoms with Gasteiger partial charge in [0.15, 0.2) is 0 Å². The summed E-state index contributed by atoms with van der Waals surface area (Å²) in [5.74, 6) is -0.221. The number of halogens is 2. The maximum atomic E-state index is 11.9. The Balaban J connectivity index is 1.93. The highest BCUT2D eigenvalue weighted by atomic mass is 79.9. The highest BCUT2D eigenvalue weighted by Gasteiger charge is 2.11. The third kappa shape index (κ3) is 3.34. The van der Waals surface area contributed by atoms with E-state index in [1.54, 1.807) is 12.3 Å². The molecule has 0 unspecified atom stereocenters. The van der Waals surface area contributed by atoms with Crippen LogP contribution in [-0.2, 0) is 6.54 Å². The van der Waals surface area contributed by atoms with E-state index in [2.05, 4.69) is 26.2 Å². The maximum Gasteiger partial charge on any atom is 0.254 e. The summed E-state index contributed by atoms with van der Waals surface area (Å²) in [4.78, 5) is 15.8. The van der Waals surface area contributed by atoms with Crippen molar-refractivity contribution < 1.29 is 4.79 Å². The first-order valence-corrected chi connectivity index (χ1v) is 6.54. The first-order valence-electron chi connectivity index (χ1n) is 5.37. The Kier molecular flexibility index (Phi) is 4.38. The molecule has 2 rings (SSSR count). The molecule has 2 aromatic heterocycles. The highest BCUT2D eigenvalue weighted by Crippen LogP contribution is 2.17. The number of carbonyl (C=O) groups excluding carboxylic acids is 1. The standard InChI is InChI=1S/C12H11BrClN3O/c13-9-7-10(11(14)16-8-9)12(18)15-3-6-17-4-1-2-5-17/h1-2,4-5,7-8H,3,6H2,(H,15,18). The predicted molar refractivity (Wildman–Crippen MR) is 73.7 cm³/mol. The molecule has 2 heterocycles. The third-order valence-corrected chi connectivity index (χ3v) is 3.11. The average molecular weight is 329 g/mol. The van der Waals surface area contributed by atoms with E-state index in [1.165, 1.54) is 0 Å². The van der Waals surface area contributed by atoms with Gasteiger partial charge in [0.2, 0.25) is 0 Å². The van der Waals surface area contributed by atoms with Gasteiger partial charge in [0.25, 0.3) is 5.91 Å². The summed E-state index contributed by atoms with van der Waals surface area (Å²) in [6.07, 6.45) is 5.44. The minimum atomic E-state index is -0.221. The first-order chi connectivity index (χ1) is 8.66. The molecule has 0 atom stereocenters. The molecular weight excluding hydrogens is 318 g/mol. The topological polar surface area (TPSA) is 46.9 Å². The zero-order valence-electron chi connectivity index (χ0n) is 9.44. The third-order valence-electron chi connectivity index (χ3n) is 2.37. The molecule has 0 spiro atoms. The summed E-state index contributed by atoms with van der Waals surface area (Å²) in [5.41, 5.74) is 0.374. The molecule has 1 N–H and O–H groups in total. The highest BCUT2D eigenvalue weighted by molar-refractivity contribution is 9.10. The molecule has 0 radical (unpaired) electrons. The van der Waals surface area contributed by atoms with Crippen LogP contribution in [0.15, 0.2) is 41.3 Å². The SMILES string of the molecule is O=C(NCCn1cccc1)c1cc(Br)cnc1Cl. The number of aromatic nitrogens is 2. The van der Waals surface area contributed by atoms with Crippen molar-refractivity contribution in [3.8, 4) is 0 Å². The lowest BCUT2D eigenvalue weighted by atomic mass is 10.2. The number of pyridine rings is 1. The molecule has 0 saturated heterocycles. The maximum absolute atomic E-state index is 11.9. The summed E-state index contributed by atoms with van der Waals surface area (Å²) >= 11 is 9.13. The molecule has 94 valence electrons. The first kappa shape index (κ1) is 13.1. The Bertz CT molecular complexity index is 542. The Hall–Kier alpha value is -1.33. The number of carbonyl (C=O) groups is 1. The molecule has 4 nitrogen and oxygen atoms in total. The van der Waals surface area contributed by atoms with Gasteiger partial charge in [-0.3, -0.25) is 4.79 Å². The van der Waals surface area contributed by atoms with E-state index in [0.717, 1.165) is 11.0 Å². The van der Waals surface area contributed by atoms with E-state index in [9.17, 15) is 4.79 Å². The van der Waals surface area contributed by atoms with Gasteiger partial charge in [0.05, 0.1) is 5.56 Å². The largest absolute Gasteiger partial charge is 0.353 e. The van der Waals surface area contributed by atoms with Crippen LogP contribution in [-0.4, -0.2) is 22.0 Å². The van der Waals surface area contributed by atoms with Crippen LogP contribution in [0.5, 0.6) is 0 Å². The van der Waals surface area contributed by atoms with Gasteiger partial charge in [0.1, 0.15) is 5.15 Å². The molecular formula is C12H11BrClN3O. The fourth-order valence-electron chi connectivity index (χ4n) is 1.49. The van der Waals surface area contributed by atoms with Crippen LogP contribution in [0.2, 0.25) is 5.15 Å². The second kappa shape index (κ2) is 6.02. The molecule has 6 heteroatoms. The predicted octanol–water partition coefficient (Wildman–Crippen LogP) is 2.73. The van der Waals surface area contributed by atoms with Gasteiger partial charge >= 0.3 is 0 Å². The van der Waals surface area contributed by atoms with Crippen LogP contribution in [0, 0.1) is 0 Å². The van der Waals surface area contributed by atoms with Crippen molar-refractivity contribution in [1.82, 2.24) is 14.9 Å². The minimum absolute atomic E-state index is 0.205. The summed E-state index contributed by atoms with van der Waals surface area (Å²) in [6, 6.07) is 5.54. The van der Waals surface area contributed by atoms with E-state index < -0.39 is 0 Å². The van der Waals surface area contributed by atoms with E-state index >= 15 is 0 Å². The number of hydrogen-bond donors (Lipinski definition) is 1.